The molecule has 0 aliphatic rings. The Hall–Kier alpha value is -3.33. The van der Waals surface area contributed by atoms with Crippen molar-refractivity contribution in [1.82, 2.24) is 19.7 Å². The Balaban J connectivity index is 1.52. The number of benzene rings is 2. The Kier molecular flexibility index (Phi) is 5.92. The molecule has 32 heavy (non-hydrogen) atoms. The normalized spacial score (nSPS) is 11.7. The van der Waals surface area contributed by atoms with Gasteiger partial charge in [0.2, 0.25) is 5.16 Å². The second-order valence-electron chi connectivity index (χ2n) is 7.21. The maximum atomic E-state index is 13.1. The zero-order valence-corrected chi connectivity index (χ0v) is 18.1. The molecule has 0 amide bonds. The number of carbonyl (C=O) groups excluding carboxylic acids is 1. The minimum atomic E-state index is -4.44. The number of ketones is 1. The highest BCUT2D eigenvalue weighted by molar-refractivity contribution is 7.99. The van der Waals surface area contributed by atoms with Crippen LogP contribution in [0.25, 0.3) is 17.1 Å². The summed E-state index contributed by atoms with van der Waals surface area (Å²) in [6, 6.07) is 16.3. The van der Waals surface area contributed by atoms with E-state index in [1.165, 1.54) is 17.8 Å². The fourth-order valence-electron chi connectivity index (χ4n) is 3.51. The quantitative estimate of drug-likeness (QED) is 0.291. The summed E-state index contributed by atoms with van der Waals surface area (Å²) in [4.78, 5) is 17.3. The van der Waals surface area contributed by atoms with Gasteiger partial charge in [-0.2, -0.15) is 13.2 Å². The van der Waals surface area contributed by atoms with Crippen LogP contribution in [0, 0.1) is 13.8 Å². The highest BCUT2D eigenvalue weighted by Crippen LogP contribution is 2.32. The molecule has 0 aliphatic heterocycles. The zero-order chi connectivity index (χ0) is 22.9. The van der Waals surface area contributed by atoms with Gasteiger partial charge >= 0.3 is 6.18 Å². The summed E-state index contributed by atoms with van der Waals surface area (Å²) in [5, 5.41) is 7.45. The van der Waals surface area contributed by atoms with E-state index < -0.39 is 11.7 Å². The van der Waals surface area contributed by atoms with Crippen LogP contribution < -0.4 is 0 Å². The van der Waals surface area contributed by atoms with Crippen LogP contribution in [0.15, 0.2) is 65.8 Å². The van der Waals surface area contributed by atoms with Gasteiger partial charge in [0.25, 0.3) is 0 Å². The van der Waals surface area contributed by atoms with E-state index in [-0.39, 0.29) is 11.5 Å². The van der Waals surface area contributed by atoms with Gasteiger partial charge in [-0.1, -0.05) is 48.2 Å². The molecule has 2 aromatic heterocycles. The first kappa shape index (κ1) is 21.9. The molecular formula is C23H19F3N4OS. The Bertz CT molecular complexity index is 1260. The molecule has 0 aliphatic carbocycles. The van der Waals surface area contributed by atoms with E-state index >= 15 is 0 Å². The predicted octanol–water partition coefficient (Wildman–Crippen LogP) is 5.87. The first-order chi connectivity index (χ1) is 15.2. The van der Waals surface area contributed by atoms with E-state index in [0.717, 1.165) is 17.7 Å². The van der Waals surface area contributed by atoms with Gasteiger partial charge in [0.1, 0.15) is 0 Å². The molecular weight excluding hydrogens is 437 g/mol. The molecule has 5 nitrogen and oxygen atoms in total. The third-order valence-corrected chi connectivity index (χ3v) is 5.85. The van der Waals surface area contributed by atoms with Crippen molar-refractivity contribution in [2.75, 3.05) is 5.75 Å². The number of halogens is 3. The topological polar surface area (TPSA) is 63.6 Å². The molecule has 0 saturated heterocycles. The highest BCUT2D eigenvalue weighted by atomic mass is 32.2. The van der Waals surface area contributed by atoms with Crippen LogP contribution in [-0.2, 0) is 6.18 Å². The van der Waals surface area contributed by atoms with Gasteiger partial charge < -0.3 is 4.57 Å². The SMILES string of the molecule is Cc1cc(C(=O)CSc2n[nH]c(-c3ccccc3)n2)c(C)n1-c1cccc(C(F)(F)F)c1. The first-order valence-electron chi connectivity index (χ1n) is 9.74. The van der Waals surface area contributed by atoms with E-state index in [0.29, 0.717) is 33.6 Å². The summed E-state index contributed by atoms with van der Waals surface area (Å²) in [6.07, 6.45) is -4.44. The van der Waals surface area contributed by atoms with E-state index in [9.17, 15) is 18.0 Å². The molecule has 9 heteroatoms. The Labute approximate surface area is 186 Å². The number of hydrogen-bond donors (Lipinski definition) is 1. The third kappa shape index (κ3) is 4.47. The highest BCUT2D eigenvalue weighted by Gasteiger charge is 2.31. The van der Waals surface area contributed by atoms with Crippen molar-refractivity contribution in [3.8, 4) is 17.1 Å². The molecule has 4 rings (SSSR count). The summed E-state index contributed by atoms with van der Waals surface area (Å²) in [5.74, 6) is 0.578. The van der Waals surface area contributed by atoms with Crippen LogP contribution in [0.5, 0.6) is 0 Å². The fourth-order valence-corrected chi connectivity index (χ4v) is 4.19. The number of thioether (sulfide) groups is 1. The summed E-state index contributed by atoms with van der Waals surface area (Å²) in [6.45, 7) is 3.49. The van der Waals surface area contributed by atoms with Gasteiger partial charge in [0, 0.05) is 28.2 Å². The van der Waals surface area contributed by atoms with Crippen LogP contribution >= 0.6 is 11.8 Å². The van der Waals surface area contributed by atoms with E-state index in [4.69, 9.17) is 0 Å². The maximum absolute atomic E-state index is 13.1. The number of aryl methyl sites for hydroxylation is 1. The van der Waals surface area contributed by atoms with Gasteiger partial charge in [0.15, 0.2) is 11.6 Å². The van der Waals surface area contributed by atoms with Crippen molar-refractivity contribution < 1.29 is 18.0 Å². The smallest absolute Gasteiger partial charge is 0.318 e. The second-order valence-corrected chi connectivity index (χ2v) is 8.16. The number of nitrogens with one attached hydrogen (secondary N) is 1. The van der Waals surface area contributed by atoms with E-state index in [1.807, 2.05) is 30.3 Å². The number of nitrogens with zero attached hydrogens (tertiary/aromatic N) is 3. The van der Waals surface area contributed by atoms with Crippen molar-refractivity contribution >= 4 is 17.5 Å². The standard InChI is InChI=1S/C23H19F3N4OS/c1-14-11-19(15(2)30(14)18-10-6-9-17(12-18)23(24,25)26)20(31)13-32-22-27-21(28-29-22)16-7-4-3-5-8-16/h3-12H,13H2,1-2H3,(H,27,28,29). The number of alkyl halides is 3. The number of aromatic amines is 1. The van der Waals surface area contributed by atoms with Crippen molar-refractivity contribution in [3.05, 3.63) is 83.2 Å². The van der Waals surface area contributed by atoms with E-state index in [1.54, 1.807) is 30.5 Å². The summed E-state index contributed by atoms with van der Waals surface area (Å²) < 4.78 is 41.0. The summed E-state index contributed by atoms with van der Waals surface area (Å²) in [5.41, 5.74) is 2.26. The molecule has 2 heterocycles. The molecule has 0 radical (unpaired) electrons. The minimum Gasteiger partial charge on any atom is -0.318 e. The molecule has 2 aromatic carbocycles. The van der Waals surface area contributed by atoms with Gasteiger partial charge in [-0.05, 0) is 38.1 Å². The van der Waals surface area contributed by atoms with Crippen LogP contribution in [0.4, 0.5) is 13.2 Å². The minimum absolute atomic E-state index is 0.110. The third-order valence-electron chi connectivity index (χ3n) is 5.01. The number of hydrogen-bond acceptors (Lipinski definition) is 4. The van der Waals surface area contributed by atoms with Crippen LogP contribution in [0.3, 0.4) is 0 Å². The Morgan fingerprint density at radius 1 is 1.06 bits per heavy atom. The lowest BCUT2D eigenvalue weighted by Gasteiger charge is -2.13. The van der Waals surface area contributed by atoms with Gasteiger partial charge in [0.05, 0.1) is 11.3 Å². The lowest BCUT2D eigenvalue weighted by molar-refractivity contribution is -0.137. The maximum Gasteiger partial charge on any atom is 0.416 e. The van der Waals surface area contributed by atoms with Crippen LogP contribution in [0.2, 0.25) is 0 Å². The van der Waals surface area contributed by atoms with E-state index in [2.05, 4.69) is 15.2 Å². The molecule has 1 N–H and O–H groups in total. The van der Waals surface area contributed by atoms with Crippen molar-refractivity contribution in [1.29, 1.82) is 0 Å². The second kappa shape index (κ2) is 8.66. The molecule has 0 spiro atoms. The predicted molar refractivity (Wildman–Crippen MR) is 117 cm³/mol. The Morgan fingerprint density at radius 3 is 2.53 bits per heavy atom. The van der Waals surface area contributed by atoms with Gasteiger partial charge in [-0.25, -0.2) is 4.98 Å². The largest absolute Gasteiger partial charge is 0.416 e. The van der Waals surface area contributed by atoms with Crippen molar-refractivity contribution in [2.45, 2.75) is 25.2 Å². The number of aromatic nitrogens is 4. The molecule has 0 bridgehead atoms. The number of rotatable bonds is 6. The first-order valence-corrected chi connectivity index (χ1v) is 10.7. The van der Waals surface area contributed by atoms with Crippen molar-refractivity contribution in [2.24, 2.45) is 0 Å². The monoisotopic (exact) mass is 456 g/mol. The van der Waals surface area contributed by atoms with Gasteiger partial charge in [-0.15, -0.1) is 5.10 Å². The van der Waals surface area contributed by atoms with Crippen LogP contribution in [0.1, 0.15) is 27.3 Å². The summed E-state index contributed by atoms with van der Waals surface area (Å²) in [7, 11) is 0. The zero-order valence-electron chi connectivity index (χ0n) is 17.3. The number of H-pyrrole nitrogens is 1. The molecule has 0 unspecified atom stereocenters. The lowest BCUT2D eigenvalue weighted by atomic mass is 10.1. The molecule has 0 atom stereocenters. The molecule has 4 aromatic rings. The summed E-state index contributed by atoms with van der Waals surface area (Å²) >= 11 is 1.20. The molecule has 0 fully saturated rings. The molecule has 164 valence electrons. The number of Topliss-reactive ketones (excluding diaryl/α,β-unsaturated/α-hetero) is 1. The number of carbonyl (C=O) groups is 1. The lowest BCUT2D eigenvalue weighted by Crippen LogP contribution is -2.08. The van der Waals surface area contributed by atoms with Crippen LogP contribution in [-0.4, -0.2) is 31.3 Å². The molecule has 0 saturated carbocycles. The van der Waals surface area contributed by atoms with Crippen molar-refractivity contribution in [3.63, 3.8) is 0 Å². The Morgan fingerprint density at radius 2 is 1.81 bits per heavy atom. The average molecular weight is 456 g/mol. The average Bonchev–Trinajstić information content (AvgIpc) is 3.36. The fraction of sp³-hybridized carbons (Fsp3) is 0.174. The van der Waals surface area contributed by atoms with Gasteiger partial charge in [-0.3, -0.25) is 9.89 Å².